The molecule has 4 rings (SSSR count). The first kappa shape index (κ1) is 27.7. The van der Waals surface area contributed by atoms with Crippen LogP contribution < -0.4 is 10.1 Å². The molecule has 0 saturated carbocycles. The summed E-state index contributed by atoms with van der Waals surface area (Å²) in [5, 5.41) is 12.2. The number of nitriles is 1. The number of likely N-dealkylation sites (tertiary alicyclic amines) is 1. The monoisotopic (exact) mass is 528 g/mol. The first-order valence-electron chi connectivity index (χ1n) is 13.0. The van der Waals surface area contributed by atoms with Crippen molar-refractivity contribution in [3.8, 4) is 11.8 Å². The van der Waals surface area contributed by atoms with Crippen molar-refractivity contribution in [1.82, 2.24) is 25.0 Å². The number of nitrogens with zero attached hydrogens (tertiary/aromatic N) is 5. The molecule has 3 heterocycles. The van der Waals surface area contributed by atoms with E-state index >= 15 is 0 Å². The highest BCUT2D eigenvalue weighted by molar-refractivity contribution is 6.07. The third kappa shape index (κ3) is 6.74. The summed E-state index contributed by atoms with van der Waals surface area (Å²) in [5.74, 6) is -3.77. The number of carbonyl (C=O) groups is 2. The normalized spacial score (nSPS) is 20.0. The van der Waals surface area contributed by atoms with Crippen LogP contribution in [0.3, 0.4) is 0 Å². The summed E-state index contributed by atoms with van der Waals surface area (Å²) in [6, 6.07) is 7.94. The summed E-state index contributed by atoms with van der Waals surface area (Å²) in [4.78, 5) is 35.4. The Kier molecular flexibility index (Phi) is 8.74. The van der Waals surface area contributed by atoms with E-state index in [1.807, 2.05) is 0 Å². The van der Waals surface area contributed by atoms with E-state index < -0.39 is 43.3 Å². The molecule has 204 valence electrons. The molecule has 0 aliphatic carbocycles. The lowest BCUT2D eigenvalue weighted by Crippen LogP contribution is -2.49. The Morgan fingerprint density at radius 3 is 2.71 bits per heavy atom. The smallest absolute Gasteiger partial charge is 0.268 e. The zero-order valence-corrected chi connectivity index (χ0v) is 21.8. The number of amides is 2. The van der Waals surface area contributed by atoms with Gasteiger partial charge in [0.15, 0.2) is 0 Å². The number of rotatable bonds is 9. The molecule has 2 saturated heterocycles. The van der Waals surface area contributed by atoms with Crippen LogP contribution in [-0.2, 0) is 4.79 Å². The molecule has 2 fully saturated rings. The lowest BCUT2D eigenvalue weighted by Gasteiger charge is -2.36. The molecule has 0 bridgehead atoms. The molecule has 1 unspecified atom stereocenters. The van der Waals surface area contributed by atoms with Crippen molar-refractivity contribution in [3.05, 3.63) is 36.0 Å². The summed E-state index contributed by atoms with van der Waals surface area (Å²) in [5.41, 5.74) is 0.878. The van der Waals surface area contributed by atoms with Crippen molar-refractivity contribution in [2.45, 2.75) is 44.7 Å². The molecule has 2 aliphatic rings. The highest BCUT2D eigenvalue weighted by atomic mass is 19.3. The molecule has 1 aromatic carbocycles. The van der Waals surface area contributed by atoms with Gasteiger partial charge in [-0.1, -0.05) is 0 Å². The zero-order chi connectivity index (χ0) is 27.3. The minimum atomic E-state index is -3.11. The van der Waals surface area contributed by atoms with E-state index in [1.165, 1.54) is 12.3 Å². The van der Waals surface area contributed by atoms with Crippen molar-refractivity contribution in [2.75, 3.05) is 52.4 Å². The molecule has 11 heteroatoms. The fraction of sp³-hybridized carbons (Fsp3) is 0.556. The molecule has 1 atom stereocenters. The Bertz CT molecular complexity index is 1190. The standard InChI is InChI=1S/C27H34F2N6O3/c1-19(2)34-11-9-33(10-12-34)8-3-13-38-21-4-5-24-23(14-21)22(6-7-31-24)26(37)32-17-25(36)35-18-27(28,29)15-20(35)16-30/h4-7,14,19-20H,3,8-13,15,17-18H2,1-2H3,(H,32,37). The fourth-order valence-electron chi connectivity index (χ4n) is 4.94. The van der Waals surface area contributed by atoms with Gasteiger partial charge in [-0.3, -0.25) is 19.5 Å². The van der Waals surface area contributed by atoms with Crippen LogP contribution in [0.5, 0.6) is 5.75 Å². The number of halogens is 2. The van der Waals surface area contributed by atoms with Gasteiger partial charge in [0.1, 0.15) is 11.8 Å². The van der Waals surface area contributed by atoms with Gasteiger partial charge in [0.05, 0.1) is 36.8 Å². The Hall–Kier alpha value is -3.36. The van der Waals surface area contributed by atoms with Gasteiger partial charge in [-0.15, -0.1) is 0 Å². The number of hydrogen-bond donors (Lipinski definition) is 1. The van der Waals surface area contributed by atoms with Gasteiger partial charge in [-0.25, -0.2) is 8.78 Å². The molecule has 1 aromatic heterocycles. The number of piperazine rings is 1. The largest absolute Gasteiger partial charge is 0.494 e. The van der Waals surface area contributed by atoms with Crippen molar-refractivity contribution in [3.63, 3.8) is 0 Å². The minimum absolute atomic E-state index is 0.292. The van der Waals surface area contributed by atoms with Crippen LogP contribution in [0.2, 0.25) is 0 Å². The third-order valence-corrected chi connectivity index (χ3v) is 7.12. The highest BCUT2D eigenvalue weighted by Gasteiger charge is 2.47. The predicted octanol–water partition coefficient (Wildman–Crippen LogP) is 2.52. The molecule has 1 N–H and O–H groups in total. The lowest BCUT2D eigenvalue weighted by atomic mass is 10.1. The second kappa shape index (κ2) is 12.0. The fourth-order valence-corrected chi connectivity index (χ4v) is 4.94. The van der Waals surface area contributed by atoms with Gasteiger partial charge in [-0.2, -0.15) is 5.26 Å². The molecular weight excluding hydrogens is 494 g/mol. The molecular formula is C27H34F2N6O3. The average Bonchev–Trinajstić information content (AvgIpc) is 3.24. The number of aromatic nitrogens is 1. The second-order valence-electron chi connectivity index (χ2n) is 10.1. The molecule has 9 nitrogen and oxygen atoms in total. The molecule has 2 aliphatic heterocycles. The van der Waals surface area contributed by atoms with Crippen LogP contribution in [0.15, 0.2) is 30.5 Å². The van der Waals surface area contributed by atoms with Crippen molar-refractivity contribution < 1.29 is 23.1 Å². The minimum Gasteiger partial charge on any atom is -0.494 e. The average molecular weight is 529 g/mol. The van der Waals surface area contributed by atoms with Crippen LogP contribution in [-0.4, -0.2) is 102 Å². The summed E-state index contributed by atoms with van der Waals surface area (Å²) in [6.07, 6.45) is 1.67. The maximum atomic E-state index is 13.7. The van der Waals surface area contributed by atoms with Crippen molar-refractivity contribution in [2.24, 2.45) is 0 Å². The Labute approximate surface area is 221 Å². The quantitative estimate of drug-likeness (QED) is 0.499. The Balaban J connectivity index is 1.31. The molecule has 2 aromatic rings. The first-order valence-corrected chi connectivity index (χ1v) is 13.0. The molecule has 2 amide bonds. The van der Waals surface area contributed by atoms with Crippen LogP contribution in [0.1, 0.15) is 37.0 Å². The molecule has 0 radical (unpaired) electrons. The molecule has 38 heavy (non-hydrogen) atoms. The second-order valence-corrected chi connectivity index (χ2v) is 10.1. The van der Waals surface area contributed by atoms with Gasteiger partial charge in [0.2, 0.25) is 5.91 Å². The topological polar surface area (TPSA) is 102 Å². The number of pyridine rings is 1. The maximum Gasteiger partial charge on any atom is 0.268 e. The summed E-state index contributed by atoms with van der Waals surface area (Å²) < 4.78 is 33.3. The number of benzene rings is 1. The maximum absolute atomic E-state index is 13.7. The first-order chi connectivity index (χ1) is 18.2. The predicted molar refractivity (Wildman–Crippen MR) is 138 cm³/mol. The number of fused-ring (bicyclic) bond motifs is 1. The summed E-state index contributed by atoms with van der Waals surface area (Å²) in [6.45, 7) is 8.89. The van der Waals surface area contributed by atoms with Crippen LogP contribution in [0.4, 0.5) is 8.78 Å². The summed E-state index contributed by atoms with van der Waals surface area (Å²) in [7, 11) is 0. The number of nitrogens with one attached hydrogen (secondary N) is 1. The van der Waals surface area contributed by atoms with E-state index in [0.29, 0.717) is 34.9 Å². The van der Waals surface area contributed by atoms with Gasteiger partial charge < -0.3 is 19.9 Å². The van der Waals surface area contributed by atoms with Crippen molar-refractivity contribution >= 4 is 22.7 Å². The Morgan fingerprint density at radius 2 is 2.00 bits per heavy atom. The number of ether oxygens (including phenoxy) is 1. The van der Waals surface area contributed by atoms with Crippen LogP contribution in [0.25, 0.3) is 10.9 Å². The van der Waals surface area contributed by atoms with E-state index in [-0.39, 0.29) is 0 Å². The van der Waals surface area contributed by atoms with Crippen LogP contribution in [0, 0.1) is 11.3 Å². The van der Waals surface area contributed by atoms with Crippen LogP contribution >= 0.6 is 0 Å². The number of hydrogen-bond acceptors (Lipinski definition) is 7. The van der Waals surface area contributed by atoms with E-state index in [4.69, 9.17) is 10.00 Å². The number of carbonyl (C=O) groups excluding carboxylic acids is 2. The van der Waals surface area contributed by atoms with Gasteiger partial charge in [0.25, 0.3) is 11.8 Å². The third-order valence-electron chi connectivity index (χ3n) is 7.12. The van der Waals surface area contributed by atoms with Gasteiger partial charge >= 0.3 is 0 Å². The van der Waals surface area contributed by atoms with E-state index in [1.54, 1.807) is 24.3 Å². The van der Waals surface area contributed by atoms with Gasteiger partial charge in [0, 0.05) is 56.8 Å². The van der Waals surface area contributed by atoms with E-state index in [9.17, 15) is 18.4 Å². The lowest BCUT2D eigenvalue weighted by molar-refractivity contribution is -0.131. The van der Waals surface area contributed by atoms with Gasteiger partial charge in [-0.05, 0) is 44.5 Å². The van der Waals surface area contributed by atoms with Crippen molar-refractivity contribution in [1.29, 1.82) is 5.26 Å². The van der Waals surface area contributed by atoms with E-state index in [2.05, 4.69) is 33.9 Å². The van der Waals surface area contributed by atoms with E-state index in [0.717, 1.165) is 44.0 Å². The number of alkyl halides is 2. The zero-order valence-electron chi connectivity index (χ0n) is 21.8. The highest BCUT2D eigenvalue weighted by Crippen LogP contribution is 2.31. The summed E-state index contributed by atoms with van der Waals surface area (Å²) >= 11 is 0. The molecule has 0 spiro atoms. The Morgan fingerprint density at radius 1 is 1.24 bits per heavy atom. The SMILES string of the molecule is CC(C)N1CCN(CCCOc2ccc3nccc(C(=O)NCC(=O)N4CC(F)(F)CC4C#N)c3c2)CC1.